The molecule has 1 amide bonds. The van der Waals surface area contributed by atoms with Crippen LogP contribution in [0.25, 0.3) is 33.3 Å². The third-order valence-electron chi connectivity index (χ3n) is 6.62. The lowest BCUT2D eigenvalue weighted by molar-refractivity contribution is -0.117. The van der Waals surface area contributed by atoms with Gasteiger partial charge in [0.2, 0.25) is 11.8 Å². The molecule has 0 spiro atoms. The van der Waals surface area contributed by atoms with Crippen molar-refractivity contribution < 1.29 is 13.9 Å². The second-order valence-corrected chi connectivity index (χ2v) is 9.17. The van der Waals surface area contributed by atoms with Gasteiger partial charge in [-0.15, -0.1) is 12.3 Å². The smallest absolute Gasteiger partial charge is 0.229 e. The molecule has 1 aromatic carbocycles. The summed E-state index contributed by atoms with van der Waals surface area (Å²) in [6, 6.07) is 7.85. The summed E-state index contributed by atoms with van der Waals surface area (Å²) < 4.78 is 11.9. The molecule has 9 nitrogen and oxygen atoms in total. The summed E-state index contributed by atoms with van der Waals surface area (Å²) in [6.07, 6.45) is 11.4. The molecule has 0 radical (unpaired) electrons. The highest BCUT2D eigenvalue weighted by molar-refractivity contribution is 6.03. The van der Waals surface area contributed by atoms with Crippen molar-refractivity contribution in [3.8, 4) is 23.8 Å². The molecule has 1 saturated heterocycles. The van der Waals surface area contributed by atoms with Gasteiger partial charge in [0.25, 0.3) is 0 Å². The molecule has 1 aliphatic carbocycles. The van der Waals surface area contributed by atoms with Crippen molar-refractivity contribution in [3.05, 3.63) is 36.7 Å². The molecule has 0 atom stereocenters. The van der Waals surface area contributed by atoms with Gasteiger partial charge in [0.1, 0.15) is 17.2 Å². The molecule has 3 aromatic heterocycles. The highest BCUT2D eigenvalue weighted by Gasteiger charge is 2.30. The number of terminal acetylenes is 1. The van der Waals surface area contributed by atoms with Gasteiger partial charge >= 0.3 is 0 Å². The third kappa shape index (κ3) is 4.20. The molecule has 4 aromatic rings. The first-order chi connectivity index (χ1) is 17.6. The molecule has 182 valence electrons. The van der Waals surface area contributed by atoms with E-state index in [1.54, 1.807) is 12.4 Å². The lowest BCUT2D eigenvalue weighted by Crippen LogP contribution is -2.52. The number of pyridine rings is 2. The minimum absolute atomic E-state index is 0.00960. The minimum Gasteiger partial charge on any atom is -0.436 e. The van der Waals surface area contributed by atoms with E-state index in [0.717, 1.165) is 53.5 Å². The normalized spacial score (nSPS) is 15.6. The molecular weight excluding hydrogens is 456 g/mol. The third-order valence-corrected chi connectivity index (χ3v) is 6.62. The van der Waals surface area contributed by atoms with Crippen molar-refractivity contribution in [2.45, 2.75) is 25.4 Å². The maximum absolute atomic E-state index is 12.3. The fourth-order valence-corrected chi connectivity index (χ4v) is 4.41. The quantitative estimate of drug-likeness (QED) is 0.286. The number of carbonyl (C=O) groups is 1. The van der Waals surface area contributed by atoms with Crippen LogP contribution in [0.3, 0.4) is 0 Å². The van der Waals surface area contributed by atoms with Crippen LogP contribution in [0.15, 0.2) is 41.1 Å². The van der Waals surface area contributed by atoms with E-state index in [9.17, 15) is 4.79 Å². The highest BCUT2D eigenvalue weighted by atomic mass is 16.5. The van der Waals surface area contributed by atoms with Gasteiger partial charge in [-0.05, 0) is 37.1 Å². The van der Waals surface area contributed by atoms with E-state index in [2.05, 4.69) is 31.4 Å². The lowest BCUT2D eigenvalue weighted by atomic mass is 10.1. The lowest BCUT2D eigenvalue weighted by Gasteiger charge is -2.40. The molecular formula is C27H26N6O3. The number of anilines is 3. The number of ether oxygens (including phenoxy) is 1. The van der Waals surface area contributed by atoms with E-state index in [1.807, 2.05) is 31.3 Å². The van der Waals surface area contributed by atoms with E-state index < -0.39 is 0 Å². The van der Waals surface area contributed by atoms with Crippen molar-refractivity contribution in [2.75, 3.05) is 42.3 Å². The van der Waals surface area contributed by atoms with Crippen LogP contribution in [0.5, 0.6) is 0 Å². The SMILES string of the molecule is C#CCCOC1CN(c2ccc3oc(-c4cnc(NC)c5cnc(NC(=O)C6CC6)cc45)nc3c2)C1. The Balaban J connectivity index is 1.29. The molecule has 36 heavy (non-hydrogen) atoms. The summed E-state index contributed by atoms with van der Waals surface area (Å²) in [5.41, 5.74) is 3.26. The zero-order valence-corrected chi connectivity index (χ0v) is 20.0. The van der Waals surface area contributed by atoms with Gasteiger partial charge in [-0.1, -0.05) is 0 Å². The summed E-state index contributed by atoms with van der Waals surface area (Å²) in [5, 5.41) is 7.69. The van der Waals surface area contributed by atoms with Crippen LogP contribution in [0.2, 0.25) is 0 Å². The fraction of sp³-hybridized carbons (Fsp3) is 0.333. The average Bonchev–Trinajstić information content (AvgIpc) is 3.64. The van der Waals surface area contributed by atoms with Crippen molar-refractivity contribution in [3.63, 3.8) is 0 Å². The number of nitrogens with one attached hydrogen (secondary N) is 2. The monoisotopic (exact) mass is 482 g/mol. The molecule has 2 N–H and O–H groups in total. The predicted molar refractivity (Wildman–Crippen MR) is 139 cm³/mol. The van der Waals surface area contributed by atoms with Gasteiger partial charge in [-0.2, -0.15) is 0 Å². The zero-order valence-electron chi connectivity index (χ0n) is 20.0. The number of rotatable bonds is 8. The Bertz CT molecular complexity index is 1500. The molecule has 0 unspecified atom stereocenters. The number of fused-ring (bicyclic) bond motifs is 2. The van der Waals surface area contributed by atoms with E-state index >= 15 is 0 Å². The molecule has 1 saturated carbocycles. The molecule has 6 rings (SSSR count). The second kappa shape index (κ2) is 9.13. The van der Waals surface area contributed by atoms with E-state index in [-0.39, 0.29) is 17.9 Å². The number of oxazole rings is 1. The Labute approximate surface area is 208 Å². The minimum atomic E-state index is 0.00960. The Hall–Kier alpha value is -4.16. The van der Waals surface area contributed by atoms with Crippen LogP contribution in [0.1, 0.15) is 19.3 Å². The van der Waals surface area contributed by atoms with Crippen molar-refractivity contribution in [1.29, 1.82) is 0 Å². The van der Waals surface area contributed by atoms with Crippen LogP contribution in [-0.4, -0.2) is 53.7 Å². The van der Waals surface area contributed by atoms with Crippen molar-refractivity contribution in [1.82, 2.24) is 15.0 Å². The fourth-order valence-electron chi connectivity index (χ4n) is 4.41. The number of benzene rings is 1. The first-order valence-electron chi connectivity index (χ1n) is 12.1. The summed E-state index contributed by atoms with van der Waals surface area (Å²) in [5.74, 6) is 4.36. The summed E-state index contributed by atoms with van der Waals surface area (Å²) in [7, 11) is 1.81. The number of hydrogen-bond donors (Lipinski definition) is 2. The Kier molecular flexibility index (Phi) is 5.66. The van der Waals surface area contributed by atoms with Crippen LogP contribution >= 0.6 is 0 Å². The van der Waals surface area contributed by atoms with Gasteiger partial charge in [0.15, 0.2) is 5.58 Å². The standard InChI is InChI=1S/C27H26N6O3/c1-3-4-9-35-18-14-33(15-18)17-7-8-23-22(10-17)31-27(36-23)21-13-30-25(28-2)20-12-29-24(11-19(20)21)32-26(34)16-5-6-16/h1,7-8,10-13,16,18H,4-6,9,14-15H2,2H3,(H,28,30)(H,29,32,34). The summed E-state index contributed by atoms with van der Waals surface area (Å²) in [6.45, 7) is 2.24. The average molecular weight is 483 g/mol. The van der Waals surface area contributed by atoms with Crippen LogP contribution in [-0.2, 0) is 9.53 Å². The second-order valence-electron chi connectivity index (χ2n) is 9.17. The van der Waals surface area contributed by atoms with E-state index in [1.165, 1.54) is 0 Å². The topological polar surface area (TPSA) is 105 Å². The summed E-state index contributed by atoms with van der Waals surface area (Å²) >= 11 is 0. The first kappa shape index (κ1) is 22.3. The van der Waals surface area contributed by atoms with Gasteiger partial charge in [0.05, 0.1) is 18.3 Å². The Morgan fingerprint density at radius 2 is 2.08 bits per heavy atom. The predicted octanol–water partition coefficient (Wildman–Crippen LogP) is 4.06. The zero-order chi connectivity index (χ0) is 24.6. The van der Waals surface area contributed by atoms with Gasteiger partial charge in [-0.25, -0.2) is 15.0 Å². The number of nitrogens with zero attached hydrogens (tertiary/aromatic N) is 4. The van der Waals surface area contributed by atoms with E-state index in [0.29, 0.717) is 36.1 Å². The molecule has 2 fully saturated rings. The van der Waals surface area contributed by atoms with Gasteiger partial charge in [-0.3, -0.25) is 4.79 Å². The molecule has 0 bridgehead atoms. The van der Waals surface area contributed by atoms with Crippen molar-refractivity contribution >= 4 is 45.1 Å². The number of amides is 1. The maximum atomic E-state index is 12.3. The molecule has 2 aliphatic rings. The Morgan fingerprint density at radius 1 is 1.22 bits per heavy atom. The van der Waals surface area contributed by atoms with Crippen LogP contribution in [0, 0.1) is 18.3 Å². The molecule has 4 heterocycles. The highest BCUT2D eigenvalue weighted by Crippen LogP contribution is 2.36. The van der Waals surface area contributed by atoms with Crippen LogP contribution in [0.4, 0.5) is 17.3 Å². The number of aromatic nitrogens is 3. The number of carbonyl (C=O) groups excluding carboxylic acids is 1. The molecule has 9 heteroatoms. The maximum Gasteiger partial charge on any atom is 0.229 e. The van der Waals surface area contributed by atoms with Gasteiger partial charge < -0.3 is 24.7 Å². The Morgan fingerprint density at radius 3 is 2.86 bits per heavy atom. The van der Waals surface area contributed by atoms with Crippen molar-refractivity contribution in [2.24, 2.45) is 5.92 Å². The summed E-state index contributed by atoms with van der Waals surface area (Å²) in [4.78, 5) is 28.3. The number of hydrogen-bond acceptors (Lipinski definition) is 8. The molecule has 1 aliphatic heterocycles. The largest absolute Gasteiger partial charge is 0.436 e. The van der Waals surface area contributed by atoms with Crippen LogP contribution < -0.4 is 15.5 Å². The first-order valence-corrected chi connectivity index (χ1v) is 12.1. The van der Waals surface area contributed by atoms with Gasteiger partial charge in [0, 0.05) is 61.3 Å². The van der Waals surface area contributed by atoms with E-state index in [4.69, 9.17) is 20.6 Å².